The quantitative estimate of drug-likeness (QED) is 0.704. The van der Waals surface area contributed by atoms with Crippen LogP contribution in [0.4, 0.5) is 18.9 Å². The molecule has 0 aliphatic carbocycles. The molecule has 0 aromatic heterocycles. The largest absolute Gasteiger partial charge is 0.417 e. The average Bonchev–Trinajstić information content (AvgIpc) is 2.51. The maximum absolute atomic E-state index is 12.9. The molecular weight excluding hydrogens is 361 g/mol. The van der Waals surface area contributed by atoms with Crippen molar-refractivity contribution in [2.45, 2.75) is 25.9 Å². The van der Waals surface area contributed by atoms with Crippen molar-refractivity contribution in [2.24, 2.45) is 0 Å². The van der Waals surface area contributed by atoms with Gasteiger partial charge >= 0.3 is 6.18 Å². The molecule has 5 nitrogen and oxygen atoms in total. The van der Waals surface area contributed by atoms with Crippen LogP contribution in [0.15, 0.2) is 18.2 Å². The van der Waals surface area contributed by atoms with E-state index >= 15 is 0 Å². The van der Waals surface area contributed by atoms with Crippen LogP contribution in [0, 0.1) is 0 Å². The number of benzene rings is 1. The van der Waals surface area contributed by atoms with Gasteiger partial charge in [-0.25, -0.2) is 0 Å². The number of amides is 2. The summed E-state index contributed by atoms with van der Waals surface area (Å²) in [5.41, 5.74) is -0.988. The van der Waals surface area contributed by atoms with Gasteiger partial charge in [0, 0.05) is 45.8 Å². The Morgan fingerprint density at radius 2 is 2.00 bits per heavy atom. The van der Waals surface area contributed by atoms with Crippen LogP contribution < -0.4 is 10.2 Å². The van der Waals surface area contributed by atoms with E-state index in [4.69, 9.17) is 16.3 Å². The first-order valence-corrected chi connectivity index (χ1v) is 7.95. The molecule has 9 heteroatoms. The van der Waals surface area contributed by atoms with Gasteiger partial charge in [0.05, 0.1) is 10.6 Å². The lowest BCUT2D eigenvalue weighted by atomic mass is 10.1. The van der Waals surface area contributed by atoms with Crippen LogP contribution in [-0.2, 0) is 20.5 Å². The zero-order valence-corrected chi connectivity index (χ0v) is 14.7. The van der Waals surface area contributed by atoms with Gasteiger partial charge in [-0.3, -0.25) is 9.59 Å². The third kappa shape index (κ3) is 6.91. The molecule has 2 amide bonds. The van der Waals surface area contributed by atoms with Crippen LogP contribution in [0.1, 0.15) is 25.3 Å². The molecule has 0 bridgehead atoms. The van der Waals surface area contributed by atoms with Gasteiger partial charge in [0.15, 0.2) is 0 Å². The van der Waals surface area contributed by atoms with Crippen molar-refractivity contribution >= 4 is 29.1 Å². The number of methoxy groups -OCH3 is 1. The Morgan fingerprint density at radius 1 is 1.32 bits per heavy atom. The fraction of sp³-hybridized carbons (Fsp3) is 0.500. The molecule has 1 aromatic rings. The monoisotopic (exact) mass is 380 g/mol. The normalized spacial score (nSPS) is 11.3. The Labute approximate surface area is 149 Å². The SMILES string of the molecule is COCCCNC(=O)CCN(C(C)=O)c1ccc(Cl)c(C(F)(F)F)c1. The highest BCUT2D eigenvalue weighted by atomic mass is 35.5. The Hall–Kier alpha value is -1.80. The van der Waals surface area contributed by atoms with E-state index in [9.17, 15) is 22.8 Å². The highest BCUT2D eigenvalue weighted by molar-refractivity contribution is 6.31. The van der Waals surface area contributed by atoms with Gasteiger partial charge in [0.2, 0.25) is 11.8 Å². The molecule has 0 spiro atoms. The van der Waals surface area contributed by atoms with E-state index in [0.29, 0.717) is 19.6 Å². The Kier molecular flexibility index (Phi) is 8.18. The molecule has 1 rings (SSSR count). The molecule has 0 saturated carbocycles. The Bertz CT molecular complexity index is 609. The number of carbonyl (C=O) groups excluding carboxylic acids is 2. The summed E-state index contributed by atoms with van der Waals surface area (Å²) in [5, 5.41) is 2.20. The van der Waals surface area contributed by atoms with E-state index < -0.39 is 22.7 Å². The smallest absolute Gasteiger partial charge is 0.385 e. The highest BCUT2D eigenvalue weighted by Gasteiger charge is 2.34. The van der Waals surface area contributed by atoms with Crippen molar-refractivity contribution in [1.82, 2.24) is 5.32 Å². The third-order valence-corrected chi connectivity index (χ3v) is 3.69. The highest BCUT2D eigenvalue weighted by Crippen LogP contribution is 2.37. The Balaban J connectivity index is 2.78. The van der Waals surface area contributed by atoms with Crippen LogP contribution >= 0.6 is 11.6 Å². The fourth-order valence-electron chi connectivity index (χ4n) is 2.11. The maximum Gasteiger partial charge on any atom is 0.417 e. The number of alkyl halides is 3. The standard InChI is InChI=1S/C16H20ClF3N2O3/c1-11(23)22(8-6-15(24)21-7-3-9-25-2)12-4-5-14(17)13(10-12)16(18,19)20/h4-5,10H,3,6-9H2,1-2H3,(H,21,24). The first-order valence-electron chi connectivity index (χ1n) is 7.57. The molecule has 0 unspecified atom stereocenters. The van der Waals surface area contributed by atoms with E-state index in [2.05, 4.69) is 5.32 Å². The van der Waals surface area contributed by atoms with Crippen molar-refractivity contribution in [2.75, 3.05) is 31.7 Å². The number of hydrogen-bond donors (Lipinski definition) is 1. The van der Waals surface area contributed by atoms with Gasteiger partial charge in [-0.05, 0) is 24.6 Å². The number of anilines is 1. The summed E-state index contributed by atoms with van der Waals surface area (Å²) in [5.74, 6) is -0.769. The molecule has 0 aliphatic heterocycles. The number of nitrogens with zero attached hydrogens (tertiary/aromatic N) is 1. The maximum atomic E-state index is 12.9. The van der Waals surface area contributed by atoms with Crippen molar-refractivity contribution in [3.63, 3.8) is 0 Å². The molecular formula is C16H20ClF3N2O3. The summed E-state index contributed by atoms with van der Waals surface area (Å²) < 4.78 is 43.7. The van der Waals surface area contributed by atoms with E-state index in [0.717, 1.165) is 17.0 Å². The molecule has 0 atom stereocenters. The number of halogens is 4. The second-order valence-electron chi connectivity index (χ2n) is 5.28. The average molecular weight is 381 g/mol. The summed E-state index contributed by atoms with van der Waals surface area (Å²) in [4.78, 5) is 24.6. The Morgan fingerprint density at radius 3 is 2.56 bits per heavy atom. The summed E-state index contributed by atoms with van der Waals surface area (Å²) in [6.45, 7) is 2.11. The topological polar surface area (TPSA) is 58.6 Å². The van der Waals surface area contributed by atoms with E-state index in [-0.39, 0.29) is 24.6 Å². The first kappa shape index (κ1) is 21.2. The third-order valence-electron chi connectivity index (χ3n) is 3.36. The zero-order chi connectivity index (χ0) is 19.0. The van der Waals surface area contributed by atoms with Gasteiger partial charge in [-0.2, -0.15) is 13.2 Å². The minimum Gasteiger partial charge on any atom is -0.385 e. The molecule has 140 valence electrons. The number of carbonyl (C=O) groups is 2. The molecule has 0 heterocycles. The lowest BCUT2D eigenvalue weighted by Gasteiger charge is -2.22. The van der Waals surface area contributed by atoms with E-state index in [1.165, 1.54) is 13.0 Å². The van der Waals surface area contributed by atoms with Gasteiger partial charge < -0.3 is 15.0 Å². The molecule has 0 saturated heterocycles. The first-order chi connectivity index (χ1) is 11.7. The van der Waals surface area contributed by atoms with Gasteiger partial charge in [-0.15, -0.1) is 0 Å². The summed E-state index contributed by atoms with van der Waals surface area (Å²) in [7, 11) is 1.55. The molecule has 0 fully saturated rings. The van der Waals surface area contributed by atoms with Crippen LogP contribution in [0.3, 0.4) is 0 Å². The molecule has 0 radical (unpaired) electrons. The molecule has 25 heavy (non-hydrogen) atoms. The minimum absolute atomic E-state index is 0.0312. The van der Waals surface area contributed by atoms with Crippen LogP contribution in [0.25, 0.3) is 0 Å². The van der Waals surface area contributed by atoms with Crippen molar-refractivity contribution in [3.05, 3.63) is 28.8 Å². The van der Waals surface area contributed by atoms with Gasteiger partial charge in [-0.1, -0.05) is 11.6 Å². The summed E-state index contributed by atoms with van der Waals surface area (Å²) in [6, 6.07) is 3.20. The lowest BCUT2D eigenvalue weighted by Crippen LogP contribution is -2.34. The fourth-order valence-corrected chi connectivity index (χ4v) is 2.34. The second kappa shape index (κ2) is 9.62. The molecule has 0 aliphatic rings. The van der Waals surface area contributed by atoms with E-state index in [1.54, 1.807) is 7.11 Å². The van der Waals surface area contributed by atoms with Crippen LogP contribution in [0.2, 0.25) is 5.02 Å². The molecule has 1 N–H and O–H groups in total. The summed E-state index contributed by atoms with van der Waals surface area (Å²) >= 11 is 5.58. The van der Waals surface area contributed by atoms with Gasteiger partial charge in [0.25, 0.3) is 0 Å². The molecule has 1 aromatic carbocycles. The van der Waals surface area contributed by atoms with E-state index in [1.807, 2.05) is 0 Å². The number of nitrogens with one attached hydrogen (secondary N) is 1. The van der Waals surface area contributed by atoms with Gasteiger partial charge in [0.1, 0.15) is 0 Å². The minimum atomic E-state index is -4.63. The van der Waals surface area contributed by atoms with Crippen LogP contribution in [0.5, 0.6) is 0 Å². The second-order valence-corrected chi connectivity index (χ2v) is 5.69. The summed E-state index contributed by atoms with van der Waals surface area (Å²) in [6.07, 6.45) is -4.02. The van der Waals surface area contributed by atoms with Crippen molar-refractivity contribution < 1.29 is 27.5 Å². The van der Waals surface area contributed by atoms with Crippen LogP contribution in [-0.4, -0.2) is 38.6 Å². The van der Waals surface area contributed by atoms with Crippen molar-refractivity contribution in [3.8, 4) is 0 Å². The predicted molar refractivity (Wildman–Crippen MR) is 88.6 cm³/mol. The number of hydrogen-bond acceptors (Lipinski definition) is 3. The van der Waals surface area contributed by atoms with Crippen molar-refractivity contribution in [1.29, 1.82) is 0 Å². The number of rotatable bonds is 8. The predicted octanol–water partition coefficient (Wildman–Crippen LogP) is 3.25. The number of ether oxygens (including phenoxy) is 1. The lowest BCUT2D eigenvalue weighted by molar-refractivity contribution is -0.137. The zero-order valence-electron chi connectivity index (χ0n) is 14.0.